The van der Waals surface area contributed by atoms with Crippen molar-refractivity contribution in [2.75, 3.05) is 39.8 Å². The topological polar surface area (TPSA) is 48.9 Å². The molecule has 0 aliphatic carbocycles. The number of nitrogens with one attached hydrogen (secondary N) is 2. The monoisotopic (exact) mass is 474 g/mol. The first-order valence-electron chi connectivity index (χ1n) is 9.63. The number of likely N-dealkylation sites (tertiary alicyclic amines) is 1. The number of halogens is 1. The van der Waals surface area contributed by atoms with Gasteiger partial charge in [-0.05, 0) is 31.4 Å². The van der Waals surface area contributed by atoms with Crippen LogP contribution in [0.25, 0.3) is 0 Å². The van der Waals surface area contributed by atoms with E-state index in [0.29, 0.717) is 19.3 Å². The summed E-state index contributed by atoms with van der Waals surface area (Å²) in [7, 11) is 1.83. The summed E-state index contributed by atoms with van der Waals surface area (Å²) in [6, 6.07) is 10.8. The van der Waals surface area contributed by atoms with Crippen LogP contribution in [0.4, 0.5) is 0 Å². The second-order valence-corrected chi connectivity index (χ2v) is 6.65. The Kier molecular flexibility index (Phi) is 12.7. The molecular weight excluding hydrogens is 439 g/mol. The lowest BCUT2D eigenvalue weighted by molar-refractivity contribution is 0.125. The third kappa shape index (κ3) is 9.19. The number of unbranched alkanes of at least 4 members (excludes halogenated alkanes) is 1. The number of nitrogens with zero attached hydrogens (tertiary/aromatic N) is 2. The maximum atomic E-state index is 5.70. The molecule has 26 heavy (non-hydrogen) atoms. The average molecular weight is 474 g/mol. The largest absolute Gasteiger partial charge is 0.375 e. The lowest BCUT2D eigenvalue weighted by Gasteiger charge is -2.33. The molecule has 6 heteroatoms. The van der Waals surface area contributed by atoms with E-state index in [1.165, 1.54) is 50.9 Å². The van der Waals surface area contributed by atoms with Crippen LogP contribution >= 0.6 is 24.0 Å². The summed E-state index contributed by atoms with van der Waals surface area (Å²) in [6.45, 7) is 7.98. The molecule has 0 amide bonds. The lowest BCUT2D eigenvalue weighted by Crippen LogP contribution is -2.49. The predicted molar refractivity (Wildman–Crippen MR) is 120 cm³/mol. The van der Waals surface area contributed by atoms with E-state index in [1.807, 2.05) is 25.2 Å². The number of hydrogen-bond acceptors (Lipinski definition) is 3. The van der Waals surface area contributed by atoms with Crippen molar-refractivity contribution in [2.45, 2.75) is 45.3 Å². The van der Waals surface area contributed by atoms with Crippen LogP contribution in [0.1, 0.15) is 38.2 Å². The van der Waals surface area contributed by atoms with E-state index in [-0.39, 0.29) is 24.0 Å². The van der Waals surface area contributed by atoms with Gasteiger partial charge in [0.1, 0.15) is 0 Å². The number of guanidine groups is 1. The molecule has 5 nitrogen and oxygen atoms in total. The SMILES string of the molecule is CCCCN1CCC(NC(=NC)NCCOCc2ccccc2)CC1.I. The summed E-state index contributed by atoms with van der Waals surface area (Å²) in [6.07, 6.45) is 4.97. The Morgan fingerprint density at radius 2 is 1.96 bits per heavy atom. The molecule has 1 aromatic carbocycles. The second-order valence-electron chi connectivity index (χ2n) is 6.65. The summed E-state index contributed by atoms with van der Waals surface area (Å²) < 4.78 is 5.70. The van der Waals surface area contributed by atoms with Crippen LogP contribution in [-0.2, 0) is 11.3 Å². The molecule has 0 saturated carbocycles. The van der Waals surface area contributed by atoms with E-state index in [2.05, 4.69) is 39.6 Å². The van der Waals surface area contributed by atoms with Crippen molar-refractivity contribution in [3.05, 3.63) is 35.9 Å². The molecule has 0 radical (unpaired) electrons. The molecule has 148 valence electrons. The third-order valence-electron chi connectivity index (χ3n) is 4.63. The highest BCUT2D eigenvalue weighted by molar-refractivity contribution is 14.0. The number of hydrogen-bond donors (Lipinski definition) is 2. The third-order valence-corrected chi connectivity index (χ3v) is 4.63. The highest BCUT2D eigenvalue weighted by atomic mass is 127. The molecular formula is C20H35IN4O. The standard InChI is InChI=1S/C20H34N4O.HI/c1-3-4-13-24-14-10-19(11-15-24)23-20(21-2)22-12-16-25-17-18-8-6-5-7-9-18;/h5-9,19H,3-4,10-17H2,1-2H3,(H2,21,22,23);1H. The van der Waals surface area contributed by atoms with Crippen LogP contribution < -0.4 is 10.6 Å². The smallest absolute Gasteiger partial charge is 0.191 e. The van der Waals surface area contributed by atoms with Crippen LogP contribution in [0, 0.1) is 0 Å². The molecule has 1 saturated heterocycles. The van der Waals surface area contributed by atoms with E-state index >= 15 is 0 Å². The van der Waals surface area contributed by atoms with Gasteiger partial charge in [-0.1, -0.05) is 43.7 Å². The van der Waals surface area contributed by atoms with Crippen molar-refractivity contribution in [3.8, 4) is 0 Å². The van der Waals surface area contributed by atoms with E-state index in [1.54, 1.807) is 0 Å². The number of aliphatic imine (C=N–C) groups is 1. The molecule has 0 atom stereocenters. The van der Waals surface area contributed by atoms with Gasteiger partial charge in [0.15, 0.2) is 5.96 Å². The van der Waals surface area contributed by atoms with Gasteiger partial charge in [0.25, 0.3) is 0 Å². The molecule has 1 heterocycles. The zero-order valence-electron chi connectivity index (χ0n) is 16.2. The first-order valence-corrected chi connectivity index (χ1v) is 9.63. The maximum absolute atomic E-state index is 5.70. The number of piperidine rings is 1. The second kappa shape index (κ2) is 14.2. The molecule has 0 bridgehead atoms. The molecule has 0 spiro atoms. The first-order chi connectivity index (χ1) is 12.3. The first kappa shape index (κ1) is 23.2. The molecule has 1 aromatic rings. The summed E-state index contributed by atoms with van der Waals surface area (Å²) in [5.41, 5.74) is 1.21. The van der Waals surface area contributed by atoms with E-state index in [4.69, 9.17) is 4.74 Å². The van der Waals surface area contributed by atoms with Crippen molar-refractivity contribution >= 4 is 29.9 Å². The highest BCUT2D eigenvalue weighted by Crippen LogP contribution is 2.11. The van der Waals surface area contributed by atoms with E-state index in [0.717, 1.165) is 12.5 Å². The number of benzene rings is 1. The highest BCUT2D eigenvalue weighted by Gasteiger charge is 2.19. The zero-order valence-corrected chi connectivity index (χ0v) is 18.6. The Balaban J connectivity index is 0.00000338. The minimum atomic E-state index is 0. The fourth-order valence-electron chi connectivity index (χ4n) is 3.08. The summed E-state index contributed by atoms with van der Waals surface area (Å²) in [5.74, 6) is 0.885. The van der Waals surface area contributed by atoms with Crippen LogP contribution in [-0.4, -0.2) is 56.7 Å². The van der Waals surface area contributed by atoms with Crippen LogP contribution in [0.5, 0.6) is 0 Å². The van der Waals surface area contributed by atoms with Crippen molar-refractivity contribution in [1.82, 2.24) is 15.5 Å². The lowest BCUT2D eigenvalue weighted by atomic mass is 10.0. The molecule has 1 fully saturated rings. The Morgan fingerprint density at radius 1 is 1.23 bits per heavy atom. The van der Waals surface area contributed by atoms with Crippen molar-refractivity contribution < 1.29 is 4.74 Å². The van der Waals surface area contributed by atoms with Crippen molar-refractivity contribution in [2.24, 2.45) is 4.99 Å². The summed E-state index contributed by atoms with van der Waals surface area (Å²) >= 11 is 0. The van der Waals surface area contributed by atoms with E-state index < -0.39 is 0 Å². The molecule has 2 rings (SSSR count). The Labute approximate surface area is 176 Å². The average Bonchev–Trinajstić information content (AvgIpc) is 2.67. The summed E-state index contributed by atoms with van der Waals surface area (Å²) in [4.78, 5) is 6.91. The van der Waals surface area contributed by atoms with Crippen molar-refractivity contribution in [3.63, 3.8) is 0 Å². The molecule has 0 aromatic heterocycles. The Hall–Kier alpha value is -0.860. The fraction of sp³-hybridized carbons (Fsp3) is 0.650. The molecule has 1 aliphatic rings. The molecule has 1 aliphatic heterocycles. The van der Waals surface area contributed by atoms with Gasteiger partial charge in [-0.3, -0.25) is 4.99 Å². The Morgan fingerprint density at radius 3 is 2.62 bits per heavy atom. The van der Waals surface area contributed by atoms with Crippen molar-refractivity contribution in [1.29, 1.82) is 0 Å². The predicted octanol–water partition coefficient (Wildman–Crippen LogP) is 3.25. The zero-order chi connectivity index (χ0) is 17.7. The van der Waals surface area contributed by atoms with Gasteiger partial charge in [0.05, 0.1) is 13.2 Å². The van der Waals surface area contributed by atoms with Crippen LogP contribution in [0.3, 0.4) is 0 Å². The minimum Gasteiger partial charge on any atom is -0.375 e. The minimum absolute atomic E-state index is 0. The van der Waals surface area contributed by atoms with E-state index in [9.17, 15) is 0 Å². The quantitative estimate of drug-likeness (QED) is 0.250. The van der Waals surface area contributed by atoms with Gasteiger partial charge in [-0.15, -0.1) is 24.0 Å². The summed E-state index contributed by atoms with van der Waals surface area (Å²) in [5, 5.41) is 6.90. The number of rotatable bonds is 9. The van der Waals surface area contributed by atoms with Gasteiger partial charge >= 0.3 is 0 Å². The van der Waals surface area contributed by atoms with Crippen LogP contribution in [0.15, 0.2) is 35.3 Å². The van der Waals surface area contributed by atoms with Gasteiger partial charge in [0, 0.05) is 32.7 Å². The Bertz CT molecular complexity index is 490. The van der Waals surface area contributed by atoms with Crippen LogP contribution in [0.2, 0.25) is 0 Å². The van der Waals surface area contributed by atoms with Gasteiger partial charge < -0.3 is 20.3 Å². The fourth-order valence-corrected chi connectivity index (χ4v) is 3.08. The normalized spacial score (nSPS) is 16.2. The maximum Gasteiger partial charge on any atom is 0.191 e. The molecule has 2 N–H and O–H groups in total. The van der Waals surface area contributed by atoms with Gasteiger partial charge in [-0.2, -0.15) is 0 Å². The van der Waals surface area contributed by atoms with Gasteiger partial charge in [0.2, 0.25) is 0 Å². The number of ether oxygens (including phenoxy) is 1. The van der Waals surface area contributed by atoms with Gasteiger partial charge in [-0.25, -0.2) is 0 Å². The molecule has 0 unspecified atom stereocenters.